The van der Waals surface area contributed by atoms with Gasteiger partial charge < -0.3 is 14.8 Å². The molecule has 1 aliphatic rings. The highest BCUT2D eigenvalue weighted by atomic mass is 16.2. The Balaban J connectivity index is 1.59. The van der Waals surface area contributed by atoms with Gasteiger partial charge in [-0.2, -0.15) is 0 Å². The second-order valence-corrected chi connectivity index (χ2v) is 4.08. The number of nitrogens with zero attached hydrogens (tertiary/aromatic N) is 3. The van der Waals surface area contributed by atoms with Crippen LogP contribution in [0.15, 0.2) is 18.7 Å². The Morgan fingerprint density at radius 1 is 1.38 bits per heavy atom. The average Bonchev–Trinajstić information content (AvgIpc) is 2.96. The van der Waals surface area contributed by atoms with Crippen molar-refractivity contribution in [3.05, 3.63) is 18.7 Å². The first kappa shape index (κ1) is 11.0. The number of hydrogen-bond donors (Lipinski definition) is 1. The van der Waals surface area contributed by atoms with Crippen molar-refractivity contribution in [3.8, 4) is 0 Å². The summed E-state index contributed by atoms with van der Waals surface area (Å²) in [4.78, 5) is 17.5. The molecule has 0 bridgehead atoms. The largest absolute Gasteiger partial charge is 0.338 e. The molecule has 1 fully saturated rings. The summed E-state index contributed by atoms with van der Waals surface area (Å²) in [5.41, 5.74) is 0. The molecule has 1 aliphatic heterocycles. The summed E-state index contributed by atoms with van der Waals surface area (Å²) in [6.07, 6.45) is 8.72. The lowest BCUT2D eigenvalue weighted by Crippen LogP contribution is -2.38. The Bertz CT molecular complexity index is 317. The van der Waals surface area contributed by atoms with Crippen LogP contribution >= 0.6 is 0 Å². The number of carbonyl (C=O) groups is 1. The van der Waals surface area contributed by atoms with E-state index in [0.717, 1.165) is 45.4 Å². The van der Waals surface area contributed by atoms with Crippen molar-refractivity contribution in [2.45, 2.75) is 25.8 Å². The standard InChI is InChI=1S/C11H18N4O/c16-11(15-7-1-2-8-15)13-4-3-6-14-9-5-12-10-14/h5,9-10H,1-4,6-8H2,(H,13,16). The molecular weight excluding hydrogens is 204 g/mol. The van der Waals surface area contributed by atoms with Crippen molar-refractivity contribution in [3.63, 3.8) is 0 Å². The number of likely N-dealkylation sites (tertiary alicyclic amines) is 1. The molecule has 0 saturated carbocycles. The number of rotatable bonds is 4. The van der Waals surface area contributed by atoms with E-state index in [1.54, 1.807) is 12.5 Å². The van der Waals surface area contributed by atoms with E-state index < -0.39 is 0 Å². The van der Waals surface area contributed by atoms with Gasteiger partial charge in [0.15, 0.2) is 0 Å². The van der Waals surface area contributed by atoms with Crippen LogP contribution in [0.2, 0.25) is 0 Å². The molecule has 2 rings (SSSR count). The van der Waals surface area contributed by atoms with Crippen LogP contribution in [0.1, 0.15) is 19.3 Å². The Morgan fingerprint density at radius 3 is 2.88 bits per heavy atom. The van der Waals surface area contributed by atoms with E-state index in [2.05, 4.69) is 10.3 Å². The number of aromatic nitrogens is 2. The number of carbonyl (C=O) groups excluding carboxylic acids is 1. The summed E-state index contributed by atoms with van der Waals surface area (Å²) < 4.78 is 2.02. The number of hydrogen-bond acceptors (Lipinski definition) is 2. The molecule has 2 amide bonds. The molecular formula is C11H18N4O. The van der Waals surface area contributed by atoms with Gasteiger partial charge in [-0.3, -0.25) is 0 Å². The van der Waals surface area contributed by atoms with E-state index in [1.165, 1.54) is 0 Å². The van der Waals surface area contributed by atoms with E-state index in [-0.39, 0.29) is 6.03 Å². The summed E-state index contributed by atoms with van der Waals surface area (Å²) in [5, 5.41) is 2.94. The van der Waals surface area contributed by atoms with Gasteiger partial charge in [-0.1, -0.05) is 0 Å². The molecule has 16 heavy (non-hydrogen) atoms. The van der Waals surface area contributed by atoms with Gasteiger partial charge in [-0.05, 0) is 19.3 Å². The van der Waals surface area contributed by atoms with Crippen LogP contribution in [0.25, 0.3) is 0 Å². The number of aryl methyl sites for hydroxylation is 1. The lowest BCUT2D eigenvalue weighted by atomic mass is 10.4. The predicted octanol–water partition coefficient (Wildman–Crippen LogP) is 1.08. The highest BCUT2D eigenvalue weighted by Gasteiger charge is 2.16. The topological polar surface area (TPSA) is 50.2 Å². The minimum Gasteiger partial charge on any atom is -0.338 e. The van der Waals surface area contributed by atoms with Gasteiger partial charge in [0.1, 0.15) is 0 Å². The van der Waals surface area contributed by atoms with Gasteiger partial charge in [-0.15, -0.1) is 0 Å². The maximum atomic E-state index is 11.6. The van der Waals surface area contributed by atoms with Gasteiger partial charge in [-0.25, -0.2) is 9.78 Å². The molecule has 0 aliphatic carbocycles. The Morgan fingerprint density at radius 2 is 2.19 bits per heavy atom. The molecule has 0 unspecified atom stereocenters. The van der Waals surface area contributed by atoms with Gasteiger partial charge in [0.25, 0.3) is 0 Å². The molecule has 1 aromatic heterocycles. The third-order valence-corrected chi connectivity index (χ3v) is 2.82. The molecule has 1 aromatic rings. The molecule has 0 atom stereocenters. The van der Waals surface area contributed by atoms with Crippen LogP contribution in [0.4, 0.5) is 4.79 Å². The van der Waals surface area contributed by atoms with Crippen LogP contribution in [0.3, 0.4) is 0 Å². The Kier molecular flexibility index (Phi) is 3.80. The summed E-state index contributed by atoms with van der Waals surface area (Å²) in [5.74, 6) is 0. The zero-order valence-electron chi connectivity index (χ0n) is 9.43. The lowest BCUT2D eigenvalue weighted by Gasteiger charge is -2.16. The molecule has 0 radical (unpaired) electrons. The molecule has 1 saturated heterocycles. The van der Waals surface area contributed by atoms with Crippen molar-refractivity contribution in [2.75, 3.05) is 19.6 Å². The second kappa shape index (κ2) is 5.53. The van der Waals surface area contributed by atoms with Crippen molar-refractivity contribution in [2.24, 2.45) is 0 Å². The molecule has 1 N–H and O–H groups in total. The molecule has 5 heteroatoms. The number of amides is 2. The maximum absolute atomic E-state index is 11.6. The van der Waals surface area contributed by atoms with Gasteiger partial charge >= 0.3 is 6.03 Å². The summed E-state index contributed by atoms with van der Waals surface area (Å²) in [6, 6.07) is 0.0862. The number of imidazole rings is 1. The Hall–Kier alpha value is -1.52. The Labute approximate surface area is 95.5 Å². The SMILES string of the molecule is O=C(NCCCn1ccnc1)N1CCCC1. The molecule has 5 nitrogen and oxygen atoms in total. The lowest BCUT2D eigenvalue weighted by molar-refractivity contribution is 0.208. The van der Waals surface area contributed by atoms with E-state index >= 15 is 0 Å². The number of nitrogens with one attached hydrogen (secondary N) is 1. The van der Waals surface area contributed by atoms with E-state index in [0.29, 0.717) is 0 Å². The molecule has 88 valence electrons. The summed E-state index contributed by atoms with van der Waals surface area (Å²) in [7, 11) is 0. The van der Waals surface area contributed by atoms with Gasteiger partial charge in [0, 0.05) is 38.6 Å². The smallest absolute Gasteiger partial charge is 0.317 e. The fraction of sp³-hybridized carbons (Fsp3) is 0.636. The van der Waals surface area contributed by atoms with Crippen molar-refractivity contribution in [1.29, 1.82) is 0 Å². The average molecular weight is 222 g/mol. The van der Waals surface area contributed by atoms with E-state index in [1.807, 2.05) is 15.7 Å². The van der Waals surface area contributed by atoms with E-state index in [4.69, 9.17) is 0 Å². The van der Waals surface area contributed by atoms with Crippen molar-refractivity contribution >= 4 is 6.03 Å². The fourth-order valence-corrected chi connectivity index (χ4v) is 1.91. The second-order valence-electron chi connectivity index (χ2n) is 4.08. The zero-order chi connectivity index (χ0) is 11.2. The molecule has 0 spiro atoms. The zero-order valence-corrected chi connectivity index (χ0v) is 9.43. The first-order valence-electron chi connectivity index (χ1n) is 5.85. The summed E-state index contributed by atoms with van der Waals surface area (Å²) >= 11 is 0. The van der Waals surface area contributed by atoms with Crippen LogP contribution in [0, 0.1) is 0 Å². The fourth-order valence-electron chi connectivity index (χ4n) is 1.91. The maximum Gasteiger partial charge on any atom is 0.317 e. The first-order chi connectivity index (χ1) is 7.86. The summed E-state index contributed by atoms with van der Waals surface area (Å²) in [6.45, 7) is 3.45. The van der Waals surface area contributed by atoms with Gasteiger partial charge in [0.2, 0.25) is 0 Å². The number of urea groups is 1. The molecule has 0 aromatic carbocycles. The van der Waals surface area contributed by atoms with Crippen molar-refractivity contribution in [1.82, 2.24) is 19.8 Å². The third kappa shape index (κ3) is 2.98. The predicted molar refractivity (Wildman–Crippen MR) is 61.0 cm³/mol. The first-order valence-corrected chi connectivity index (χ1v) is 5.85. The quantitative estimate of drug-likeness (QED) is 0.775. The highest BCUT2D eigenvalue weighted by molar-refractivity contribution is 5.74. The normalized spacial score (nSPS) is 15.4. The van der Waals surface area contributed by atoms with E-state index in [9.17, 15) is 4.79 Å². The van der Waals surface area contributed by atoms with Gasteiger partial charge in [0.05, 0.1) is 6.33 Å². The van der Waals surface area contributed by atoms with Crippen molar-refractivity contribution < 1.29 is 4.79 Å². The van der Waals surface area contributed by atoms with Crippen LogP contribution in [0.5, 0.6) is 0 Å². The minimum absolute atomic E-state index is 0.0862. The molecule has 2 heterocycles. The highest BCUT2D eigenvalue weighted by Crippen LogP contribution is 2.06. The minimum atomic E-state index is 0.0862. The third-order valence-electron chi connectivity index (χ3n) is 2.82. The van der Waals surface area contributed by atoms with Crippen LogP contribution in [-0.2, 0) is 6.54 Å². The van der Waals surface area contributed by atoms with Crippen LogP contribution < -0.4 is 5.32 Å². The van der Waals surface area contributed by atoms with Crippen LogP contribution in [-0.4, -0.2) is 40.1 Å². The monoisotopic (exact) mass is 222 g/mol.